The van der Waals surface area contributed by atoms with Gasteiger partial charge in [-0.2, -0.15) is 0 Å². The van der Waals surface area contributed by atoms with Gasteiger partial charge in [0.2, 0.25) is 5.75 Å². The molecule has 0 heterocycles. The van der Waals surface area contributed by atoms with Crippen molar-refractivity contribution in [2.75, 3.05) is 33.2 Å². The van der Waals surface area contributed by atoms with Crippen LogP contribution in [-0.4, -0.2) is 42.0 Å². The second kappa shape index (κ2) is 10.3. The number of rotatable bonds is 9. The van der Waals surface area contributed by atoms with E-state index < -0.39 is 15.8 Å². The highest BCUT2D eigenvalue weighted by Gasteiger charge is 2.21. The zero-order valence-corrected chi connectivity index (χ0v) is 19.8. The summed E-state index contributed by atoms with van der Waals surface area (Å²) < 4.78 is 63.8. The van der Waals surface area contributed by atoms with Crippen LogP contribution in [0.5, 0.6) is 28.7 Å². The monoisotopic (exact) mass is 489 g/mol. The van der Waals surface area contributed by atoms with Crippen molar-refractivity contribution in [3.63, 3.8) is 0 Å². The maximum absolute atomic E-state index is 14.4. The molecule has 3 rings (SSSR count). The summed E-state index contributed by atoms with van der Waals surface area (Å²) in [5, 5.41) is 9.44. The first-order chi connectivity index (χ1) is 16.2. The predicted molar refractivity (Wildman–Crippen MR) is 127 cm³/mol. The van der Waals surface area contributed by atoms with E-state index in [2.05, 4.69) is 4.72 Å². The van der Waals surface area contributed by atoms with E-state index in [0.717, 1.165) is 0 Å². The zero-order valence-electron chi connectivity index (χ0n) is 19.0. The van der Waals surface area contributed by atoms with Crippen LogP contribution in [0.4, 0.5) is 10.1 Å². The minimum absolute atomic E-state index is 0.0840. The lowest BCUT2D eigenvalue weighted by atomic mass is 10.1. The Bertz CT molecular complexity index is 1280. The molecule has 0 amide bonds. The highest BCUT2D eigenvalue weighted by molar-refractivity contribution is 7.92. The Balaban J connectivity index is 2.07. The van der Waals surface area contributed by atoms with Gasteiger partial charge in [-0.05, 0) is 54.1 Å². The Labute approximate surface area is 197 Å². The van der Waals surface area contributed by atoms with Crippen LogP contribution < -0.4 is 23.7 Å². The second-order valence-electron chi connectivity index (χ2n) is 6.94. The fourth-order valence-electron chi connectivity index (χ4n) is 3.22. The van der Waals surface area contributed by atoms with Crippen LogP contribution in [0.25, 0.3) is 12.2 Å². The quantitative estimate of drug-likeness (QED) is 0.426. The highest BCUT2D eigenvalue weighted by Crippen LogP contribution is 2.39. The standard InChI is InChI=1S/C24H24FNO7S/c1-30-20-13-15(14-21(31-2)24(20)33-4)5-6-16-7-12-19(25)23(32-3)22(16)26-34(28,29)18-10-8-17(27)9-11-18/h5-14,26-27H,1-4H3/b6-5-. The largest absolute Gasteiger partial charge is 0.508 e. The summed E-state index contributed by atoms with van der Waals surface area (Å²) in [6, 6.07) is 10.9. The van der Waals surface area contributed by atoms with Crippen LogP contribution in [0.2, 0.25) is 0 Å². The molecule has 3 aromatic carbocycles. The molecule has 0 fully saturated rings. The van der Waals surface area contributed by atoms with Gasteiger partial charge < -0.3 is 24.1 Å². The average molecular weight is 490 g/mol. The average Bonchev–Trinajstić information content (AvgIpc) is 2.83. The van der Waals surface area contributed by atoms with Gasteiger partial charge in [0.15, 0.2) is 23.1 Å². The molecule has 8 nitrogen and oxygen atoms in total. The molecule has 10 heteroatoms. The van der Waals surface area contributed by atoms with Crippen molar-refractivity contribution in [2.45, 2.75) is 4.90 Å². The van der Waals surface area contributed by atoms with Gasteiger partial charge in [0.25, 0.3) is 10.0 Å². The Morgan fingerprint density at radius 2 is 1.41 bits per heavy atom. The van der Waals surface area contributed by atoms with Crippen molar-refractivity contribution in [1.29, 1.82) is 0 Å². The smallest absolute Gasteiger partial charge is 0.262 e. The molecular formula is C24H24FNO7S. The molecule has 0 aromatic heterocycles. The Morgan fingerprint density at radius 3 is 1.94 bits per heavy atom. The summed E-state index contributed by atoms with van der Waals surface area (Å²) in [6.45, 7) is 0. The summed E-state index contributed by atoms with van der Waals surface area (Å²) in [7, 11) is 1.60. The lowest BCUT2D eigenvalue weighted by molar-refractivity contribution is 0.324. The summed E-state index contributed by atoms with van der Waals surface area (Å²) in [4.78, 5) is -0.115. The van der Waals surface area contributed by atoms with E-state index >= 15 is 0 Å². The molecule has 0 saturated heterocycles. The topological polar surface area (TPSA) is 103 Å². The van der Waals surface area contributed by atoms with Crippen molar-refractivity contribution < 1.29 is 36.9 Å². The molecule has 0 aliphatic carbocycles. The third-order valence-corrected chi connectivity index (χ3v) is 6.24. The molecule has 0 unspecified atom stereocenters. The Morgan fingerprint density at radius 1 is 0.824 bits per heavy atom. The normalized spacial score (nSPS) is 11.3. The van der Waals surface area contributed by atoms with E-state index in [9.17, 15) is 17.9 Å². The van der Waals surface area contributed by atoms with Crippen LogP contribution in [0, 0.1) is 5.82 Å². The third-order valence-electron chi connectivity index (χ3n) is 4.87. The van der Waals surface area contributed by atoms with Crippen molar-refractivity contribution in [1.82, 2.24) is 0 Å². The molecule has 0 atom stereocenters. The molecule has 3 aromatic rings. The molecule has 2 N–H and O–H groups in total. The van der Waals surface area contributed by atoms with Gasteiger partial charge >= 0.3 is 0 Å². The van der Waals surface area contributed by atoms with Crippen LogP contribution in [-0.2, 0) is 10.0 Å². The summed E-state index contributed by atoms with van der Waals surface area (Å²) in [6.07, 6.45) is 3.27. The van der Waals surface area contributed by atoms with Gasteiger partial charge in [0, 0.05) is 5.56 Å². The summed E-state index contributed by atoms with van der Waals surface area (Å²) >= 11 is 0. The highest BCUT2D eigenvalue weighted by atomic mass is 32.2. The number of phenolic OH excluding ortho intramolecular Hbond substituents is 1. The first-order valence-electron chi connectivity index (χ1n) is 9.90. The molecule has 34 heavy (non-hydrogen) atoms. The van der Waals surface area contributed by atoms with Crippen LogP contribution in [0.15, 0.2) is 53.4 Å². The number of benzene rings is 3. The fraction of sp³-hybridized carbons (Fsp3) is 0.167. The molecule has 0 radical (unpaired) electrons. The van der Waals surface area contributed by atoms with Gasteiger partial charge in [-0.25, -0.2) is 12.8 Å². The minimum Gasteiger partial charge on any atom is -0.508 e. The van der Waals surface area contributed by atoms with Crippen molar-refractivity contribution in [2.24, 2.45) is 0 Å². The SMILES string of the molecule is COc1cc(/C=C\c2ccc(F)c(OC)c2NS(=O)(=O)c2ccc(O)cc2)cc(OC)c1OC. The lowest BCUT2D eigenvalue weighted by Gasteiger charge is -2.16. The number of hydrogen-bond acceptors (Lipinski definition) is 7. The summed E-state index contributed by atoms with van der Waals surface area (Å²) in [5.74, 6) is 0.201. The molecule has 0 aliphatic rings. The van der Waals surface area contributed by atoms with E-state index in [-0.39, 0.29) is 22.1 Å². The zero-order chi connectivity index (χ0) is 24.9. The number of sulfonamides is 1. The molecule has 0 saturated carbocycles. The molecule has 0 aliphatic heterocycles. The predicted octanol–water partition coefficient (Wildman–Crippen LogP) is 4.54. The van der Waals surface area contributed by atoms with Gasteiger partial charge in [0.1, 0.15) is 11.4 Å². The maximum Gasteiger partial charge on any atom is 0.262 e. The van der Waals surface area contributed by atoms with Crippen LogP contribution in [0.3, 0.4) is 0 Å². The number of aromatic hydroxyl groups is 1. The second-order valence-corrected chi connectivity index (χ2v) is 8.62. The van der Waals surface area contributed by atoms with Gasteiger partial charge in [-0.1, -0.05) is 12.2 Å². The number of nitrogens with one attached hydrogen (secondary N) is 1. The van der Waals surface area contributed by atoms with E-state index in [1.165, 1.54) is 64.8 Å². The van der Waals surface area contributed by atoms with E-state index in [4.69, 9.17) is 18.9 Å². The summed E-state index contributed by atoms with van der Waals surface area (Å²) in [5.41, 5.74) is 0.916. The first kappa shape index (κ1) is 24.7. The number of phenols is 1. The van der Waals surface area contributed by atoms with Gasteiger partial charge in [-0.3, -0.25) is 4.72 Å². The molecule has 180 valence electrons. The minimum atomic E-state index is -4.11. The number of anilines is 1. The lowest BCUT2D eigenvalue weighted by Crippen LogP contribution is -2.15. The van der Waals surface area contributed by atoms with Crippen LogP contribution >= 0.6 is 0 Å². The van der Waals surface area contributed by atoms with Crippen molar-refractivity contribution in [3.8, 4) is 28.7 Å². The maximum atomic E-state index is 14.4. The fourth-order valence-corrected chi connectivity index (χ4v) is 4.31. The third kappa shape index (κ3) is 5.18. The number of ether oxygens (including phenoxy) is 4. The van der Waals surface area contributed by atoms with Gasteiger partial charge in [0.05, 0.1) is 33.3 Å². The molecule has 0 spiro atoms. The van der Waals surface area contributed by atoms with Gasteiger partial charge in [-0.15, -0.1) is 0 Å². The van der Waals surface area contributed by atoms with Crippen molar-refractivity contribution >= 4 is 27.9 Å². The van der Waals surface area contributed by atoms with E-state index in [0.29, 0.717) is 28.4 Å². The number of methoxy groups -OCH3 is 4. The number of halogens is 1. The van der Waals surface area contributed by atoms with E-state index in [1.807, 2.05) is 0 Å². The van der Waals surface area contributed by atoms with E-state index in [1.54, 1.807) is 24.3 Å². The molecule has 0 bridgehead atoms. The van der Waals surface area contributed by atoms with Crippen molar-refractivity contribution in [3.05, 3.63) is 65.5 Å². The molecular weight excluding hydrogens is 465 g/mol. The Kier molecular flexibility index (Phi) is 7.52. The number of hydrogen-bond donors (Lipinski definition) is 2. The Hall–Kier alpha value is -3.92. The van der Waals surface area contributed by atoms with Crippen LogP contribution in [0.1, 0.15) is 11.1 Å². The first-order valence-corrected chi connectivity index (χ1v) is 11.4.